The maximum Gasteiger partial charge on any atom is 0.0702 e. The second kappa shape index (κ2) is 4.60. The molecule has 1 aliphatic rings. The molecule has 0 unspecified atom stereocenters. The van der Waals surface area contributed by atoms with Gasteiger partial charge in [0.25, 0.3) is 0 Å². The van der Waals surface area contributed by atoms with E-state index in [-0.39, 0.29) is 0 Å². The Bertz CT molecular complexity index is 337. The first-order valence-corrected chi connectivity index (χ1v) is 7.05. The Morgan fingerprint density at radius 3 is 2.25 bits per heavy atom. The van der Waals surface area contributed by atoms with E-state index in [1.54, 1.807) is 5.12 Å². The van der Waals surface area contributed by atoms with Crippen molar-refractivity contribution in [3.05, 3.63) is 30.3 Å². The average molecular weight is 243 g/mol. The molecule has 0 spiro atoms. The number of benzene rings is 1. The number of hydrogen-bond acceptors (Lipinski definition) is 5. The number of rotatable bonds is 2. The second-order valence-electron chi connectivity index (χ2n) is 3.84. The first-order valence-electron chi connectivity index (χ1n) is 5.17. The molecule has 1 heterocycles. The van der Waals surface area contributed by atoms with Crippen LogP contribution in [0, 0.1) is 0 Å². The molecule has 0 radical (unpaired) electrons. The molecule has 1 saturated heterocycles. The molecule has 6 heteroatoms. The summed E-state index contributed by atoms with van der Waals surface area (Å²) >= 11 is 0. The van der Waals surface area contributed by atoms with Gasteiger partial charge in [-0.3, -0.25) is 9.11 Å². The summed E-state index contributed by atoms with van der Waals surface area (Å²) in [4.78, 5) is 0. The first kappa shape index (κ1) is 11.7. The molecular weight excluding hydrogens is 226 g/mol. The lowest BCUT2D eigenvalue weighted by Gasteiger charge is -2.43. The molecule has 1 aliphatic heterocycles. The van der Waals surface area contributed by atoms with E-state index in [1.807, 2.05) is 35.3 Å². The van der Waals surface area contributed by atoms with Crippen LogP contribution in [0.3, 0.4) is 0 Å². The van der Waals surface area contributed by atoms with Gasteiger partial charge in [-0.25, -0.2) is 16.0 Å². The second-order valence-corrected chi connectivity index (χ2v) is 6.27. The van der Waals surface area contributed by atoms with Gasteiger partial charge in [0.15, 0.2) is 0 Å². The molecule has 2 rings (SSSR count). The van der Waals surface area contributed by atoms with Gasteiger partial charge in [-0.1, -0.05) is 18.2 Å². The monoisotopic (exact) mass is 243 g/mol. The topological polar surface area (TPSA) is 73.0 Å². The van der Waals surface area contributed by atoms with Crippen LogP contribution in [0.1, 0.15) is 0 Å². The van der Waals surface area contributed by atoms with Crippen molar-refractivity contribution in [2.24, 2.45) is 5.84 Å². The molecule has 16 heavy (non-hydrogen) atoms. The Morgan fingerprint density at radius 2 is 1.69 bits per heavy atom. The Morgan fingerprint density at radius 1 is 1.12 bits per heavy atom. The van der Waals surface area contributed by atoms with E-state index in [9.17, 15) is 9.11 Å². The molecule has 1 aromatic carbocycles. The van der Waals surface area contributed by atoms with E-state index in [0.29, 0.717) is 24.6 Å². The Kier molecular flexibility index (Phi) is 3.36. The third-order valence-corrected chi connectivity index (χ3v) is 4.35. The molecular formula is C10H17N3O2S. The van der Waals surface area contributed by atoms with Gasteiger partial charge in [0, 0.05) is 13.1 Å². The molecule has 0 aromatic heterocycles. The highest BCUT2D eigenvalue weighted by Crippen LogP contribution is 2.40. The van der Waals surface area contributed by atoms with Crippen LogP contribution in [0.15, 0.2) is 30.3 Å². The lowest BCUT2D eigenvalue weighted by atomic mass is 10.3. The molecule has 4 N–H and O–H groups in total. The van der Waals surface area contributed by atoms with Gasteiger partial charge < -0.3 is 0 Å². The van der Waals surface area contributed by atoms with Crippen LogP contribution in [-0.2, 0) is 0 Å². The van der Waals surface area contributed by atoms with E-state index in [4.69, 9.17) is 5.84 Å². The molecule has 0 saturated carbocycles. The summed E-state index contributed by atoms with van der Waals surface area (Å²) < 4.78 is 19.0. The smallest absolute Gasteiger partial charge is 0.0702 e. The van der Waals surface area contributed by atoms with Crippen molar-refractivity contribution in [2.75, 3.05) is 29.7 Å². The molecule has 1 fully saturated rings. The van der Waals surface area contributed by atoms with Gasteiger partial charge in [0.1, 0.15) is 0 Å². The van der Waals surface area contributed by atoms with Crippen LogP contribution >= 0.6 is 10.6 Å². The van der Waals surface area contributed by atoms with E-state index in [1.165, 1.54) is 0 Å². The summed E-state index contributed by atoms with van der Waals surface area (Å²) in [6.45, 7) is 1.15. The summed E-state index contributed by atoms with van der Waals surface area (Å²) in [7, 11) is -2.36. The zero-order chi connectivity index (χ0) is 11.6. The summed E-state index contributed by atoms with van der Waals surface area (Å²) in [6.07, 6.45) is 0. The fourth-order valence-corrected chi connectivity index (χ4v) is 2.89. The minimum absolute atomic E-state index is 0.396. The normalized spacial score (nSPS) is 22.7. The van der Waals surface area contributed by atoms with E-state index in [0.717, 1.165) is 5.69 Å². The SMILES string of the molecule is NN(c1ccccc1)N1CCS(O)(O)CC1. The predicted octanol–water partition coefficient (Wildman–Crippen LogP) is 1.35. The van der Waals surface area contributed by atoms with Gasteiger partial charge >= 0.3 is 0 Å². The van der Waals surface area contributed by atoms with Crippen LogP contribution in [0.25, 0.3) is 0 Å². The first-order chi connectivity index (χ1) is 7.58. The summed E-state index contributed by atoms with van der Waals surface area (Å²) in [5.41, 5.74) is 0.904. The van der Waals surface area contributed by atoms with Gasteiger partial charge in [0.2, 0.25) is 0 Å². The Hall–Kier alpha value is -0.790. The van der Waals surface area contributed by atoms with Gasteiger partial charge in [-0.2, -0.15) is 10.6 Å². The van der Waals surface area contributed by atoms with Crippen molar-refractivity contribution in [1.82, 2.24) is 5.01 Å². The van der Waals surface area contributed by atoms with Gasteiger partial charge in [0.05, 0.1) is 17.2 Å². The van der Waals surface area contributed by atoms with Crippen molar-refractivity contribution < 1.29 is 9.11 Å². The van der Waals surface area contributed by atoms with Crippen molar-refractivity contribution in [2.45, 2.75) is 0 Å². The fourth-order valence-electron chi connectivity index (χ4n) is 1.68. The standard InChI is InChI=1S/C10H17N3O2S/c11-13(10-4-2-1-3-5-10)12-6-8-16(14,15)9-7-12/h1-5,14-15H,6-9,11H2. The van der Waals surface area contributed by atoms with Crippen LogP contribution in [-0.4, -0.2) is 38.7 Å². The van der Waals surface area contributed by atoms with E-state index >= 15 is 0 Å². The lowest BCUT2D eigenvalue weighted by molar-refractivity contribution is 0.262. The third-order valence-electron chi connectivity index (χ3n) is 2.68. The predicted molar refractivity (Wildman–Crippen MR) is 67.3 cm³/mol. The van der Waals surface area contributed by atoms with Crippen LogP contribution in [0.4, 0.5) is 5.69 Å². The highest BCUT2D eigenvalue weighted by atomic mass is 32.3. The molecule has 5 nitrogen and oxygen atoms in total. The number of nitrogens with zero attached hydrogens (tertiary/aromatic N) is 2. The molecule has 0 bridgehead atoms. The minimum atomic E-state index is -2.36. The number of nitrogens with two attached hydrogens (primary N) is 1. The molecule has 0 atom stereocenters. The molecule has 90 valence electrons. The zero-order valence-electron chi connectivity index (χ0n) is 8.99. The number of anilines is 1. The van der Waals surface area contributed by atoms with Crippen molar-refractivity contribution >= 4 is 16.3 Å². The summed E-state index contributed by atoms with van der Waals surface area (Å²) in [5, 5.41) is 3.50. The van der Waals surface area contributed by atoms with Crippen molar-refractivity contribution in [1.29, 1.82) is 0 Å². The number of hydrazine groups is 2. The Labute approximate surface area is 96.8 Å². The van der Waals surface area contributed by atoms with Crippen LogP contribution in [0.2, 0.25) is 0 Å². The highest BCUT2D eigenvalue weighted by molar-refractivity contribution is 8.24. The molecule has 0 aliphatic carbocycles. The van der Waals surface area contributed by atoms with Crippen molar-refractivity contribution in [3.8, 4) is 0 Å². The maximum atomic E-state index is 9.50. The number of para-hydroxylation sites is 1. The minimum Gasteiger partial charge on any atom is -0.299 e. The lowest BCUT2D eigenvalue weighted by Crippen LogP contribution is -2.53. The van der Waals surface area contributed by atoms with E-state index in [2.05, 4.69) is 0 Å². The molecule has 0 amide bonds. The van der Waals surface area contributed by atoms with E-state index < -0.39 is 10.6 Å². The number of hydrogen-bond donors (Lipinski definition) is 3. The van der Waals surface area contributed by atoms with Gasteiger partial charge in [-0.05, 0) is 12.1 Å². The fraction of sp³-hybridized carbons (Fsp3) is 0.400. The average Bonchev–Trinajstić information content (AvgIpc) is 2.29. The van der Waals surface area contributed by atoms with Crippen molar-refractivity contribution in [3.63, 3.8) is 0 Å². The maximum absolute atomic E-state index is 9.50. The highest BCUT2D eigenvalue weighted by Gasteiger charge is 2.24. The quantitative estimate of drug-likeness (QED) is 0.540. The summed E-state index contributed by atoms with van der Waals surface area (Å²) in [6, 6.07) is 9.63. The zero-order valence-corrected chi connectivity index (χ0v) is 9.81. The van der Waals surface area contributed by atoms with Gasteiger partial charge in [-0.15, -0.1) is 0 Å². The third kappa shape index (κ3) is 2.66. The van der Waals surface area contributed by atoms with Crippen LogP contribution in [0.5, 0.6) is 0 Å². The summed E-state index contributed by atoms with van der Waals surface area (Å²) in [5.74, 6) is 6.76. The largest absolute Gasteiger partial charge is 0.299 e. The molecule has 1 aromatic rings. The Balaban J connectivity index is 2.00. The van der Waals surface area contributed by atoms with Crippen LogP contribution < -0.4 is 11.0 Å².